The predicted octanol–water partition coefficient (Wildman–Crippen LogP) is 4.09. The molecule has 1 fully saturated rings. The van der Waals surface area contributed by atoms with Crippen LogP contribution < -0.4 is 0 Å². The topological polar surface area (TPSA) is 76.2 Å². The molecular weight excluding hydrogens is 432 g/mol. The Morgan fingerprint density at radius 3 is 2.41 bits per heavy atom. The molecule has 7 nitrogen and oxygen atoms in total. The Bertz CT molecular complexity index is 1030. The summed E-state index contributed by atoms with van der Waals surface area (Å²) < 4.78 is 11.5. The van der Waals surface area contributed by atoms with E-state index in [0.29, 0.717) is 12.1 Å². The van der Waals surface area contributed by atoms with E-state index in [1.165, 1.54) is 17.4 Å². The van der Waals surface area contributed by atoms with Crippen LogP contribution in [-0.2, 0) is 9.47 Å². The average molecular weight is 465 g/mol. The molecule has 7 heteroatoms. The van der Waals surface area contributed by atoms with Crippen molar-refractivity contribution in [3.63, 3.8) is 0 Å². The fourth-order valence-corrected chi connectivity index (χ4v) is 4.53. The monoisotopic (exact) mass is 464 g/mol. The third kappa shape index (κ3) is 5.37. The second-order valence-corrected chi connectivity index (χ2v) is 9.20. The molecule has 34 heavy (non-hydrogen) atoms. The number of fused-ring (bicyclic) bond motifs is 1. The molecule has 2 amide bonds. The number of hydrogen-bond donors (Lipinski definition) is 0. The first-order chi connectivity index (χ1) is 16.5. The average Bonchev–Trinajstić information content (AvgIpc) is 3.10. The van der Waals surface area contributed by atoms with Gasteiger partial charge in [0.2, 0.25) is 0 Å². The largest absolute Gasteiger partial charge is 0.461 e. The number of ether oxygens (including phenoxy) is 2. The zero-order valence-electron chi connectivity index (χ0n) is 19.9. The van der Waals surface area contributed by atoms with Gasteiger partial charge in [0, 0.05) is 6.54 Å². The molecule has 0 radical (unpaired) electrons. The second-order valence-electron chi connectivity index (χ2n) is 9.20. The van der Waals surface area contributed by atoms with Gasteiger partial charge in [-0.25, -0.2) is 4.79 Å². The summed E-state index contributed by atoms with van der Waals surface area (Å²) in [5.41, 5.74) is 1.63. The molecule has 0 aromatic heterocycles. The van der Waals surface area contributed by atoms with Crippen molar-refractivity contribution in [2.45, 2.75) is 44.2 Å². The molecule has 1 atom stereocenters. The lowest BCUT2D eigenvalue weighted by atomic mass is 9.97. The molecule has 0 spiro atoms. The van der Waals surface area contributed by atoms with Gasteiger partial charge in [0.25, 0.3) is 11.8 Å². The van der Waals surface area contributed by atoms with Gasteiger partial charge >= 0.3 is 5.97 Å². The van der Waals surface area contributed by atoms with Crippen LogP contribution in [0.5, 0.6) is 0 Å². The first kappa shape index (κ1) is 24.1. The maximum Gasteiger partial charge on any atom is 0.338 e. The lowest BCUT2D eigenvalue weighted by Gasteiger charge is -2.30. The summed E-state index contributed by atoms with van der Waals surface area (Å²) in [6.45, 7) is 1.09. The molecule has 0 unspecified atom stereocenters. The normalized spacial score (nSPS) is 17.2. The molecule has 180 valence electrons. The van der Waals surface area contributed by atoms with Crippen LogP contribution >= 0.6 is 0 Å². The van der Waals surface area contributed by atoms with Crippen molar-refractivity contribution >= 4 is 17.8 Å². The highest BCUT2D eigenvalue weighted by atomic mass is 16.5. The van der Waals surface area contributed by atoms with Crippen LogP contribution in [0.2, 0.25) is 0 Å². The van der Waals surface area contributed by atoms with Gasteiger partial charge in [-0.15, -0.1) is 0 Å². The number of amides is 2. The van der Waals surface area contributed by atoms with Gasteiger partial charge in [0.15, 0.2) is 0 Å². The molecule has 0 saturated heterocycles. The van der Waals surface area contributed by atoms with E-state index in [-0.39, 0.29) is 36.4 Å². The van der Waals surface area contributed by atoms with Crippen molar-refractivity contribution in [3.8, 4) is 0 Å². The van der Waals surface area contributed by atoms with E-state index in [1.807, 2.05) is 49.3 Å². The number of rotatable bonds is 9. The highest BCUT2D eigenvalue weighted by molar-refractivity contribution is 6.22. The molecule has 2 aromatic rings. The fraction of sp³-hybridized carbons (Fsp3) is 0.444. The summed E-state index contributed by atoms with van der Waals surface area (Å²) >= 11 is 0. The Labute approximate surface area is 200 Å². The van der Waals surface area contributed by atoms with E-state index in [1.54, 1.807) is 12.1 Å². The summed E-state index contributed by atoms with van der Waals surface area (Å²) in [5, 5.41) is 0. The Morgan fingerprint density at radius 1 is 1.00 bits per heavy atom. The molecule has 1 saturated carbocycles. The van der Waals surface area contributed by atoms with Crippen LogP contribution in [0.1, 0.15) is 74.8 Å². The van der Waals surface area contributed by atoms with E-state index in [2.05, 4.69) is 0 Å². The molecule has 1 heterocycles. The van der Waals surface area contributed by atoms with E-state index in [4.69, 9.17) is 9.47 Å². The van der Waals surface area contributed by atoms with Gasteiger partial charge in [-0.1, -0.05) is 49.6 Å². The molecule has 0 N–H and O–H groups in total. The van der Waals surface area contributed by atoms with Gasteiger partial charge in [0.05, 0.1) is 35.4 Å². The molecule has 1 aliphatic carbocycles. The molecule has 1 aliphatic heterocycles. The van der Waals surface area contributed by atoms with Crippen LogP contribution in [0.4, 0.5) is 0 Å². The number of hydrogen-bond acceptors (Lipinski definition) is 6. The SMILES string of the molecule is CN(C)CCOC(=O)c1ccc2c(c1)C(=O)N([C@H](COC1CCCCC1)c1ccccc1)C2=O. The lowest BCUT2D eigenvalue weighted by Crippen LogP contribution is -2.37. The van der Waals surface area contributed by atoms with E-state index in [9.17, 15) is 14.4 Å². The highest BCUT2D eigenvalue weighted by Crippen LogP contribution is 2.33. The van der Waals surface area contributed by atoms with Crippen molar-refractivity contribution in [2.75, 3.05) is 33.9 Å². The number of esters is 1. The number of benzene rings is 2. The van der Waals surface area contributed by atoms with Gasteiger partial charge in [-0.3, -0.25) is 14.5 Å². The van der Waals surface area contributed by atoms with Gasteiger partial charge < -0.3 is 14.4 Å². The molecule has 0 bridgehead atoms. The Balaban J connectivity index is 1.55. The van der Waals surface area contributed by atoms with Crippen LogP contribution in [-0.4, -0.2) is 67.5 Å². The quantitative estimate of drug-likeness (QED) is 0.411. The van der Waals surface area contributed by atoms with Crippen molar-refractivity contribution in [1.82, 2.24) is 9.80 Å². The maximum absolute atomic E-state index is 13.4. The van der Waals surface area contributed by atoms with E-state index >= 15 is 0 Å². The van der Waals surface area contributed by atoms with Crippen molar-refractivity contribution in [3.05, 3.63) is 70.8 Å². The Kier molecular flexibility index (Phi) is 7.75. The molecule has 2 aromatic carbocycles. The molecular formula is C27H32N2O5. The summed E-state index contributed by atoms with van der Waals surface area (Å²) in [5.74, 6) is -1.29. The highest BCUT2D eigenvalue weighted by Gasteiger charge is 2.41. The zero-order chi connectivity index (χ0) is 24.1. The fourth-order valence-electron chi connectivity index (χ4n) is 4.53. The first-order valence-electron chi connectivity index (χ1n) is 12.0. The van der Waals surface area contributed by atoms with Crippen LogP contribution in [0, 0.1) is 0 Å². The predicted molar refractivity (Wildman–Crippen MR) is 128 cm³/mol. The van der Waals surface area contributed by atoms with Gasteiger partial charge in [-0.2, -0.15) is 0 Å². The Hall–Kier alpha value is -3.03. The lowest BCUT2D eigenvalue weighted by molar-refractivity contribution is -0.00386. The first-order valence-corrected chi connectivity index (χ1v) is 12.0. The minimum atomic E-state index is -0.536. The zero-order valence-corrected chi connectivity index (χ0v) is 19.9. The maximum atomic E-state index is 13.4. The third-order valence-electron chi connectivity index (χ3n) is 6.46. The molecule has 4 rings (SSSR count). The van der Waals surface area contributed by atoms with Crippen LogP contribution in [0.3, 0.4) is 0 Å². The van der Waals surface area contributed by atoms with Crippen LogP contribution in [0.15, 0.2) is 48.5 Å². The minimum Gasteiger partial charge on any atom is -0.461 e. The van der Waals surface area contributed by atoms with Crippen LogP contribution in [0.25, 0.3) is 0 Å². The van der Waals surface area contributed by atoms with Crippen molar-refractivity contribution in [2.24, 2.45) is 0 Å². The third-order valence-corrected chi connectivity index (χ3v) is 6.46. The van der Waals surface area contributed by atoms with Crippen molar-refractivity contribution < 1.29 is 23.9 Å². The number of carbonyl (C=O) groups is 3. The Morgan fingerprint density at radius 2 is 1.71 bits per heavy atom. The number of imide groups is 1. The van der Waals surface area contributed by atoms with Gasteiger partial charge in [-0.05, 0) is 50.7 Å². The smallest absolute Gasteiger partial charge is 0.338 e. The summed E-state index contributed by atoms with van der Waals surface area (Å²) in [6, 6.07) is 13.5. The second kappa shape index (κ2) is 10.9. The number of carbonyl (C=O) groups excluding carboxylic acids is 3. The van der Waals surface area contributed by atoms with Crippen molar-refractivity contribution in [1.29, 1.82) is 0 Å². The van der Waals surface area contributed by atoms with Gasteiger partial charge in [0.1, 0.15) is 6.61 Å². The number of likely N-dealkylation sites (N-methyl/N-ethyl adjacent to an activating group) is 1. The standard InChI is InChI=1S/C27H32N2O5/c1-28(2)15-16-33-27(32)20-13-14-22-23(17-20)26(31)29(25(22)30)24(19-9-5-3-6-10-19)18-34-21-11-7-4-8-12-21/h3,5-6,9-10,13-14,17,21,24H,4,7-8,11-12,15-16,18H2,1-2H3/t24-/m1/s1. The minimum absolute atomic E-state index is 0.152. The summed E-state index contributed by atoms with van der Waals surface area (Å²) in [4.78, 5) is 42.4. The molecule has 2 aliphatic rings. The van der Waals surface area contributed by atoms with E-state index in [0.717, 1.165) is 31.2 Å². The summed E-state index contributed by atoms with van der Waals surface area (Å²) in [6.07, 6.45) is 5.66. The summed E-state index contributed by atoms with van der Waals surface area (Å²) in [7, 11) is 3.78. The van der Waals surface area contributed by atoms with E-state index < -0.39 is 17.9 Å². The number of nitrogens with zero attached hydrogens (tertiary/aromatic N) is 2.